The summed E-state index contributed by atoms with van der Waals surface area (Å²) in [4.78, 5) is 0. The molecule has 0 bridgehead atoms. The van der Waals surface area contributed by atoms with E-state index in [1.54, 1.807) is 0 Å². The first-order valence-corrected chi connectivity index (χ1v) is 1.55. The fraction of sp³-hybridized carbons (Fsp3) is 0. The van der Waals surface area contributed by atoms with Gasteiger partial charge in [0.1, 0.15) is 0 Å². The van der Waals surface area contributed by atoms with Crippen molar-refractivity contribution in [3.63, 3.8) is 0 Å². The van der Waals surface area contributed by atoms with Crippen LogP contribution in [0.1, 0.15) is 0 Å². The minimum Gasteiger partial charge on any atom is 1.00 e. The van der Waals surface area contributed by atoms with Crippen LogP contribution in [0, 0.1) is 0 Å². The van der Waals surface area contributed by atoms with Crippen LogP contribution in [-0.4, -0.2) is 51.1 Å². The van der Waals surface area contributed by atoms with Gasteiger partial charge in [-0.05, 0) is 0 Å². The number of hydrogen-bond acceptors (Lipinski definition) is 2. The molecule has 0 aromatic heterocycles. The molecule has 1 atom stereocenters. The molecular weight excluding hydrogens is 143 g/mol. The van der Waals surface area contributed by atoms with Gasteiger partial charge >= 0.3 is 67.3 Å². The Morgan fingerprint density at radius 3 is 1.67 bits per heavy atom. The van der Waals surface area contributed by atoms with Crippen LogP contribution < -0.4 is 29.6 Å². The fourth-order valence-electron chi connectivity index (χ4n) is 0. The van der Waals surface area contributed by atoms with E-state index in [0.717, 1.165) is 0 Å². The Hall–Kier alpha value is 2.33. The Labute approximate surface area is 90.3 Å². The molecule has 0 radical (unpaired) electrons. The quantitative estimate of drug-likeness (QED) is 0.276. The van der Waals surface area contributed by atoms with Crippen molar-refractivity contribution in [1.82, 2.24) is 0 Å². The molecule has 1 unspecified atom stereocenters. The first-order valence-electron chi connectivity index (χ1n) is 0.516. The molecule has 0 aliphatic rings. The minimum atomic E-state index is -2.86. The summed E-state index contributed by atoms with van der Waals surface area (Å²) in [7, 11) is 0. The molecule has 30 valence electrons. The number of rotatable bonds is 0. The molecule has 0 saturated heterocycles. The molecule has 0 fully saturated rings. The standard InChI is InChI=1S/Ca.Na.H2O3S.2H/c;;1-4(2)3;;/h;;(H2,1,2,3);;/q;+1;;;/p-1. The van der Waals surface area contributed by atoms with E-state index in [-0.39, 0.29) is 67.3 Å². The summed E-state index contributed by atoms with van der Waals surface area (Å²) in [5, 5.41) is 0. The average Bonchev–Trinajstić information content (AvgIpc) is 0.811. The molecule has 0 amide bonds. The summed E-state index contributed by atoms with van der Waals surface area (Å²) in [5.41, 5.74) is 0. The van der Waals surface area contributed by atoms with Gasteiger partial charge in [-0.3, -0.25) is 0 Å². The van der Waals surface area contributed by atoms with E-state index in [4.69, 9.17) is 13.3 Å². The maximum atomic E-state index is 8.56. The van der Waals surface area contributed by atoms with Gasteiger partial charge in [0, 0.05) is 0 Å². The van der Waals surface area contributed by atoms with E-state index in [2.05, 4.69) is 0 Å². The van der Waals surface area contributed by atoms with Gasteiger partial charge in [-0.1, -0.05) is 0 Å². The number of hydrogen-bond donors (Lipinski definition) is 1. The summed E-state index contributed by atoms with van der Waals surface area (Å²) in [6.45, 7) is 0. The third-order valence-electron chi connectivity index (χ3n) is 0. The fourth-order valence-corrected chi connectivity index (χ4v) is 0. The van der Waals surface area contributed by atoms with E-state index >= 15 is 0 Å². The molecule has 0 aromatic rings. The minimum absolute atomic E-state index is 0. The Morgan fingerprint density at radius 1 is 1.67 bits per heavy atom. The second-order valence-electron chi connectivity index (χ2n) is 0.217. The van der Waals surface area contributed by atoms with Crippen LogP contribution in [0.2, 0.25) is 0 Å². The molecule has 0 heterocycles. The van der Waals surface area contributed by atoms with Crippen molar-refractivity contribution in [3.05, 3.63) is 0 Å². The van der Waals surface area contributed by atoms with E-state index in [1.807, 2.05) is 0 Å². The zero-order valence-electron chi connectivity index (χ0n) is 2.67. The van der Waals surface area contributed by atoms with Crippen molar-refractivity contribution < 1.29 is 42.9 Å². The first kappa shape index (κ1) is 15.8. The van der Waals surface area contributed by atoms with Gasteiger partial charge in [-0.15, -0.1) is 0 Å². The maximum absolute atomic E-state index is 8.56. The third kappa shape index (κ3) is 33.1. The SMILES string of the molecule is O=S([O-])O.[CaH2].[Na+]. The van der Waals surface area contributed by atoms with Gasteiger partial charge < -0.3 is 9.11 Å². The first-order chi connectivity index (χ1) is 1.73. The van der Waals surface area contributed by atoms with E-state index in [1.165, 1.54) is 0 Å². The summed E-state index contributed by atoms with van der Waals surface area (Å²) in [5.74, 6) is 0. The second kappa shape index (κ2) is 10.3. The van der Waals surface area contributed by atoms with E-state index in [9.17, 15) is 0 Å². The van der Waals surface area contributed by atoms with E-state index < -0.39 is 11.4 Å². The molecule has 0 aliphatic carbocycles. The van der Waals surface area contributed by atoms with Crippen LogP contribution in [0.25, 0.3) is 0 Å². The van der Waals surface area contributed by atoms with Gasteiger partial charge in [0.05, 0.1) is 11.4 Å². The van der Waals surface area contributed by atoms with Crippen LogP contribution in [0.15, 0.2) is 0 Å². The van der Waals surface area contributed by atoms with Crippen LogP contribution in [0.3, 0.4) is 0 Å². The van der Waals surface area contributed by atoms with Crippen molar-refractivity contribution in [2.45, 2.75) is 0 Å². The summed E-state index contributed by atoms with van der Waals surface area (Å²) >= 11 is -2.86. The Kier molecular flexibility index (Phi) is 27.1. The predicted octanol–water partition coefficient (Wildman–Crippen LogP) is -4.57. The van der Waals surface area contributed by atoms with Gasteiger partial charge in [0.25, 0.3) is 0 Å². The molecule has 6 heteroatoms. The summed E-state index contributed by atoms with van der Waals surface area (Å²) in [6, 6.07) is 0. The zero-order valence-corrected chi connectivity index (χ0v) is 5.49. The van der Waals surface area contributed by atoms with Gasteiger partial charge in [-0.2, -0.15) is 0 Å². The molecular formula is H3CaNaO3S. The van der Waals surface area contributed by atoms with Gasteiger partial charge in [0.15, 0.2) is 0 Å². The monoisotopic (exact) mass is 146 g/mol. The summed E-state index contributed by atoms with van der Waals surface area (Å²) in [6.07, 6.45) is 0. The Balaban J connectivity index is -0.0000000450. The predicted molar refractivity (Wildman–Crippen MR) is 20.1 cm³/mol. The molecule has 0 rings (SSSR count). The molecule has 1 N–H and O–H groups in total. The molecule has 3 nitrogen and oxygen atoms in total. The van der Waals surface area contributed by atoms with Crippen molar-refractivity contribution >= 4 is 49.1 Å². The van der Waals surface area contributed by atoms with Crippen LogP contribution in [-0.2, 0) is 11.4 Å². The van der Waals surface area contributed by atoms with Crippen molar-refractivity contribution in [2.24, 2.45) is 0 Å². The van der Waals surface area contributed by atoms with Crippen molar-refractivity contribution in [1.29, 1.82) is 0 Å². The molecule has 0 spiro atoms. The summed E-state index contributed by atoms with van der Waals surface area (Å²) < 4.78 is 24.1. The third-order valence-corrected chi connectivity index (χ3v) is 0. The van der Waals surface area contributed by atoms with E-state index in [0.29, 0.717) is 0 Å². The van der Waals surface area contributed by atoms with Crippen LogP contribution >= 0.6 is 0 Å². The smallest absolute Gasteiger partial charge is 1.00 e. The molecule has 0 aliphatic heterocycles. The molecule has 6 heavy (non-hydrogen) atoms. The van der Waals surface area contributed by atoms with Crippen molar-refractivity contribution in [3.8, 4) is 0 Å². The zero-order chi connectivity index (χ0) is 3.58. The van der Waals surface area contributed by atoms with Gasteiger partial charge in [-0.25, -0.2) is 4.21 Å². The van der Waals surface area contributed by atoms with Crippen LogP contribution in [0.5, 0.6) is 0 Å². The largest absolute Gasteiger partial charge is 1.00 e. The topological polar surface area (TPSA) is 60.4 Å². The molecule has 0 aromatic carbocycles. The second-order valence-corrected chi connectivity index (χ2v) is 0.651. The normalized spacial score (nSPS) is 10.3. The maximum Gasteiger partial charge on any atom is 1.00 e. The van der Waals surface area contributed by atoms with Gasteiger partial charge in [0.2, 0.25) is 0 Å². The van der Waals surface area contributed by atoms with Crippen LogP contribution in [0.4, 0.5) is 0 Å². The Bertz CT molecular complexity index is 33.8. The average molecular weight is 146 g/mol. The van der Waals surface area contributed by atoms with Crippen molar-refractivity contribution in [2.75, 3.05) is 0 Å². The Morgan fingerprint density at radius 2 is 1.67 bits per heavy atom. The molecule has 0 saturated carbocycles.